The van der Waals surface area contributed by atoms with Gasteiger partial charge in [-0.1, -0.05) is 18.5 Å². The first kappa shape index (κ1) is 10.3. The maximum atomic E-state index is 6.03. The number of aryl methyl sites for hydroxylation is 1. The minimum atomic E-state index is 0.421. The Morgan fingerprint density at radius 2 is 2.27 bits per heavy atom. The first-order valence-electron chi connectivity index (χ1n) is 4.64. The molecule has 2 heterocycles. The molecule has 80 valence electrons. The summed E-state index contributed by atoms with van der Waals surface area (Å²) < 4.78 is 6.51. The Morgan fingerprint density at radius 3 is 2.93 bits per heavy atom. The molecule has 0 atom stereocenters. The molecule has 5 nitrogen and oxygen atoms in total. The van der Waals surface area contributed by atoms with E-state index in [1.54, 1.807) is 13.2 Å². The highest BCUT2D eigenvalue weighted by Crippen LogP contribution is 2.12. The van der Waals surface area contributed by atoms with Gasteiger partial charge in [0.25, 0.3) is 5.78 Å². The van der Waals surface area contributed by atoms with Gasteiger partial charge in [-0.15, -0.1) is 5.10 Å². The predicted octanol–water partition coefficient (Wildman–Crippen LogP) is 1.49. The lowest BCUT2D eigenvalue weighted by Crippen LogP contribution is -1.98. The molecule has 0 aromatic carbocycles. The van der Waals surface area contributed by atoms with Gasteiger partial charge in [-0.2, -0.15) is 9.50 Å². The second kappa shape index (κ2) is 4.12. The van der Waals surface area contributed by atoms with Crippen LogP contribution in [0.4, 0.5) is 0 Å². The van der Waals surface area contributed by atoms with Crippen molar-refractivity contribution in [1.29, 1.82) is 0 Å². The quantitative estimate of drug-likeness (QED) is 0.744. The van der Waals surface area contributed by atoms with E-state index in [1.165, 1.54) is 4.52 Å². The third kappa shape index (κ3) is 1.93. The van der Waals surface area contributed by atoms with E-state index in [2.05, 4.69) is 15.1 Å². The largest absolute Gasteiger partial charge is 0.378 e. The molecule has 6 heteroatoms. The van der Waals surface area contributed by atoms with Crippen molar-refractivity contribution in [1.82, 2.24) is 19.6 Å². The van der Waals surface area contributed by atoms with Crippen LogP contribution in [0, 0.1) is 0 Å². The van der Waals surface area contributed by atoms with Gasteiger partial charge < -0.3 is 4.74 Å². The van der Waals surface area contributed by atoms with Gasteiger partial charge >= 0.3 is 0 Å². The minimum Gasteiger partial charge on any atom is -0.378 e. The summed E-state index contributed by atoms with van der Waals surface area (Å²) in [5.41, 5.74) is 0.755. The Balaban J connectivity index is 2.54. The normalized spacial score (nSPS) is 11.1. The molecule has 0 amide bonds. The van der Waals surface area contributed by atoms with Crippen LogP contribution in [0.3, 0.4) is 0 Å². The summed E-state index contributed by atoms with van der Waals surface area (Å²) in [6.07, 6.45) is 0.763. The van der Waals surface area contributed by atoms with Gasteiger partial charge in [0.05, 0.1) is 12.3 Å². The van der Waals surface area contributed by atoms with Gasteiger partial charge in [0.1, 0.15) is 5.15 Å². The lowest BCUT2D eigenvalue weighted by Gasteiger charge is -2.00. The highest BCUT2D eigenvalue weighted by molar-refractivity contribution is 6.29. The van der Waals surface area contributed by atoms with Crippen LogP contribution in [-0.4, -0.2) is 26.7 Å². The summed E-state index contributed by atoms with van der Waals surface area (Å²) in [5.74, 6) is 1.25. The van der Waals surface area contributed by atoms with Crippen molar-refractivity contribution in [3.63, 3.8) is 0 Å². The van der Waals surface area contributed by atoms with Crippen molar-refractivity contribution in [2.45, 2.75) is 20.0 Å². The number of fused-ring (bicyclic) bond motifs is 1. The molecule has 2 aromatic rings. The number of rotatable bonds is 3. The fourth-order valence-corrected chi connectivity index (χ4v) is 1.53. The van der Waals surface area contributed by atoms with E-state index < -0.39 is 0 Å². The molecular weight excluding hydrogens is 216 g/mol. The molecule has 0 bridgehead atoms. The summed E-state index contributed by atoms with van der Waals surface area (Å²) in [7, 11) is 1.61. The summed E-state index contributed by atoms with van der Waals surface area (Å²) in [4.78, 5) is 8.51. The molecule has 2 aromatic heterocycles. The minimum absolute atomic E-state index is 0.421. The monoisotopic (exact) mass is 226 g/mol. The third-order valence-electron chi connectivity index (χ3n) is 1.97. The highest BCUT2D eigenvalue weighted by Gasteiger charge is 2.08. The maximum absolute atomic E-state index is 6.03. The van der Waals surface area contributed by atoms with Crippen molar-refractivity contribution >= 4 is 17.4 Å². The van der Waals surface area contributed by atoms with E-state index in [0.29, 0.717) is 17.5 Å². The molecule has 15 heavy (non-hydrogen) atoms. The number of halogens is 1. The van der Waals surface area contributed by atoms with Crippen molar-refractivity contribution in [3.05, 3.63) is 22.7 Å². The molecule has 0 spiro atoms. The summed E-state index contributed by atoms with van der Waals surface area (Å²) in [6, 6.07) is 1.73. The number of nitrogens with zero attached hydrogens (tertiary/aromatic N) is 4. The molecule has 2 rings (SSSR count). The van der Waals surface area contributed by atoms with E-state index in [0.717, 1.165) is 17.9 Å². The molecule has 0 radical (unpaired) electrons. The molecular formula is C9H11ClN4O. The number of aromatic nitrogens is 4. The smallest absolute Gasteiger partial charge is 0.254 e. The highest BCUT2D eigenvalue weighted by atomic mass is 35.5. The van der Waals surface area contributed by atoms with Crippen LogP contribution in [-0.2, 0) is 17.8 Å². The first-order chi connectivity index (χ1) is 7.24. The van der Waals surface area contributed by atoms with Gasteiger partial charge in [-0.05, 0) is 6.07 Å². The zero-order valence-corrected chi connectivity index (χ0v) is 9.32. The van der Waals surface area contributed by atoms with Gasteiger partial charge in [-0.3, -0.25) is 0 Å². The lowest BCUT2D eigenvalue weighted by atomic mass is 10.4. The van der Waals surface area contributed by atoms with Crippen molar-refractivity contribution in [2.75, 3.05) is 7.11 Å². The van der Waals surface area contributed by atoms with Crippen LogP contribution in [0.5, 0.6) is 0 Å². The fraction of sp³-hybridized carbons (Fsp3) is 0.444. The van der Waals surface area contributed by atoms with Crippen LogP contribution in [0.1, 0.15) is 18.4 Å². The molecule has 0 aliphatic rings. The summed E-state index contributed by atoms with van der Waals surface area (Å²) in [6.45, 7) is 2.41. The Labute approximate surface area is 92.1 Å². The molecule has 0 aliphatic heterocycles. The average Bonchev–Trinajstić information content (AvgIpc) is 2.62. The third-order valence-corrected chi connectivity index (χ3v) is 2.24. The molecule has 0 N–H and O–H groups in total. The molecule has 0 fully saturated rings. The molecule has 0 saturated carbocycles. The fourth-order valence-electron chi connectivity index (χ4n) is 1.29. The standard InChI is InChI=1S/C9H11ClN4O/c1-3-8-12-9-11-6(5-15-2)4-7(10)14(9)13-8/h4H,3,5H2,1-2H3. The van der Waals surface area contributed by atoms with E-state index in [9.17, 15) is 0 Å². The second-order valence-electron chi connectivity index (χ2n) is 3.10. The molecule has 0 aliphatic carbocycles. The number of hydrogen-bond donors (Lipinski definition) is 0. The second-order valence-corrected chi connectivity index (χ2v) is 3.48. The van der Waals surface area contributed by atoms with Crippen molar-refractivity contribution in [3.8, 4) is 0 Å². The molecule has 0 unspecified atom stereocenters. The van der Waals surface area contributed by atoms with Crippen LogP contribution in [0.2, 0.25) is 5.15 Å². The van der Waals surface area contributed by atoms with Gasteiger partial charge in [-0.25, -0.2) is 4.98 Å². The molecule has 0 saturated heterocycles. The average molecular weight is 227 g/mol. The van der Waals surface area contributed by atoms with Crippen LogP contribution in [0.15, 0.2) is 6.07 Å². The summed E-state index contributed by atoms with van der Waals surface area (Å²) in [5, 5.41) is 4.70. The predicted molar refractivity (Wildman–Crippen MR) is 55.9 cm³/mol. The number of hydrogen-bond acceptors (Lipinski definition) is 4. The SMILES string of the molecule is CCc1nc2nc(COC)cc(Cl)n2n1. The van der Waals surface area contributed by atoms with Crippen LogP contribution in [0.25, 0.3) is 5.78 Å². The van der Waals surface area contributed by atoms with E-state index in [1.807, 2.05) is 6.92 Å². The van der Waals surface area contributed by atoms with E-state index in [-0.39, 0.29) is 0 Å². The zero-order valence-electron chi connectivity index (χ0n) is 8.57. The van der Waals surface area contributed by atoms with Gasteiger partial charge in [0.15, 0.2) is 5.82 Å². The Hall–Kier alpha value is -1.20. The van der Waals surface area contributed by atoms with Crippen molar-refractivity contribution < 1.29 is 4.74 Å². The Kier molecular flexibility index (Phi) is 2.83. The zero-order chi connectivity index (χ0) is 10.8. The first-order valence-corrected chi connectivity index (χ1v) is 5.02. The number of methoxy groups -OCH3 is 1. The van der Waals surface area contributed by atoms with Gasteiger partial charge in [0, 0.05) is 13.5 Å². The lowest BCUT2D eigenvalue weighted by molar-refractivity contribution is 0.181. The topological polar surface area (TPSA) is 52.3 Å². The Bertz CT molecular complexity index is 482. The number of ether oxygens (including phenoxy) is 1. The van der Waals surface area contributed by atoms with E-state index >= 15 is 0 Å². The van der Waals surface area contributed by atoms with Gasteiger partial charge in [0.2, 0.25) is 0 Å². The maximum Gasteiger partial charge on any atom is 0.254 e. The van der Waals surface area contributed by atoms with Crippen LogP contribution < -0.4 is 0 Å². The summed E-state index contributed by atoms with van der Waals surface area (Å²) >= 11 is 6.03. The van der Waals surface area contributed by atoms with E-state index in [4.69, 9.17) is 16.3 Å². The van der Waals surface area contributed by atoms with Crippen LogP contribution >= 0.6 is 11.6 Å². The Morgan fingerprint density at radius 1 is 1.47 bits per heavy atom. The van der Waals surface area contributed by atoms with Crippen molar-refractivity contribution in [2.24, 2.45) is 0 Å².